The van der Waals surface area contributed by atoms with Crippen molar-refractivity contribution in [2.24, 2.45) is 0 Å². The number of β-amino-alcohol motifs (C(OH)–C–C–N with tert-alkyl or cyclic N) is 1. The number of anilines is 1. The molecule has 1 saturated heterocycles. The quantitative estimate of drug-likeness (QED) is 0.669. The van der Waals surface area contributed by atoms with E-state index in [-0.39, 0.29) is 16.7 Å². The Labute approximate surface area is 115 Å². The number of aromatic nitrogens is 1. The van der Waals surface area contributed by atoms with Crippen LogP contribution in [-0.4, -0.2) is 34.2 Å². The van der Waals surface area contributed by atoms with Crippen LogP contribution in [0.4, 0.5) is 11.4 Å². The van der Waals surface area contributed by atoms with Gasteiger partial charge in [-0.1, -0.05) is 0 Å². The first kappa shape index (κ1) is 12.8. The summed E-state index contributed by atoms with van der Waals surface area (Å²) in [6, 6.07) is 4.94. The number of aliphatic hydroxyl groups excluding tert-OH is 1. The number of hydrogen-bond acceptors (Lipinski definition) is 5. The van der Waals surface area contributed by atoms with Crippen LogP contribution in [0.25, 0.3) is 10.8 Å². The molecule has 0 amide bonds. The zero-order valence-electron chi connectivity index (χ0n) is 10.9. The van der Waals surface area contributed by atoms with E-state index in [4.69, 9.17) is 0 Å². The van der Waals surface area contributed by atoms with Gasteiger partial charge < -0.3 is 10.0 Å². The molecule has 1 N–H and O–H groups in total. The van der Waals surface area contributed by atoms with Gasteiger partial charge in [0.25, 0.3) is 5.69 Å². The summed E-state index contributed by atoms with van der Waals surface area (Å²) in [5, 5.41) is 22.2. The van der Waals surface area contributed by atoms with Crippen molar-refractivity contribution in [3.63, 3.8) is 0 Å². The van der Waals surface area contributed by atoms with Crippen molar-refractivity contribution in [3.8, 4) is 0 Å². The minimum Gasteiger partial charge on any atom is -0.391 e. The molecule has 0 radical (unpaired) electrons. The van der Waals surface area contributed by atoms with Crippen molar-refractivity contribution in [1.82, 2.24) is 4.98 Å². The van der Waals surface area contributed by atoms with Gasteiger partial charge in [0.15, 0.2) is 0 Å². The van der Waals surface area contributed by atoms with Gasteiger partial charge in [0.05, 0.1) is 16.4 Å². The Bertz CT molecular complexity index is 659. The van der Waals surface area contributed by atoms with Gasteiger partial charge in [0, 0.05) is 42.6 Å². The first-order chi connectivity index (χ1) is 9.66. The molecule has 0 bridgehead atoms. The molecule has 6 nitrogen and oxygen atoms in total. The first-order valence-electron chi connectivity index (χ1n) is 6.61. The maximum absolute atomic E-state index is 11.1. The minimum atomic E-state index is -0.378. The van der Waals surface area contributed by atoms with Gasteiger partial charge in [-0.3, -0.25) is 15.1 Å². The van der Waals surface area contributed by atoms with Crippen LogP contribution in [0.2, 0.25) is 0 Å². The Morgan fingerprint density at radius 1 is 1.35 bits per heavy atom. The Morgan fingerprint density at radius 3 is 2.95 bits per heavy atom. The molecule has 1 aromatic carbocycles. The summed E-state index contributed by atoms with van der Waals surface area (Å²) in [5.41, 5.74) is 0.987. The van der Waals surface area contributed by atoms with Crippen LogP contribution in [0, 0.1) is 10.1 Å². The maximum atomic E-state index is 11.1. The number of hydrogen-bond donors (Lipinski definition) is 1. The molecule has 6 heteroatoms. The standard InChI is InChI=1S/C14H15N3O3/c18-10-2-1-7-16(9-10)13-3-4-14(17(19)20)11-5-6-15-8-12(11)13/h3-6,8,10,18H,1-2,7,9H2/t10-/m0/s1. The molecule has 0 saturated carbocycles. The highest BCUT2D eigenvalue weighted by Gasteiger charge is 2.22. The van der Waals surface area contributed by atoms with Crippen LogP contribution in [0.15, 0.2) is 30.6 Å². The van der Waals surface area contributed by atoms with Crippen LogP contribution >= 0.6 is 0 Å². The number of non-ortho nitro benzene ring substituents is 1. The van der Waals surface area contributed by atoms with E-state index in [0.29, 0.717) is 11.9 Å². The van der Waals surface area contributed by atoms with E-state index in [9.17, 15) is 15.2 Å². The maximum Gasteiger partial charge on any atom is 0.277 e. The summed E-state index contributed by atoms with van der Waals surface area (Å²) < 4.78 is 0. The molecule has 0 spiro atoms. The summed E-state index contributed by atoms with van der Waals surface area (Å²) in [7, 11) is 0. The first-order valence-corrected chi connectivity index (χ1v) is 6.61. The van der Waals surface area contributed by atoms with Crippen molar-refractivity contribution in [3.05, 3.63) is 40.7 Å². The van der Waals surface area contributed by atoms with E-state index < -0.39 is 0 Å². The van der Waals surface area contributed by atoms with E-state index in [1.54, 1.807) is 24.5 Å². The van der Waals surface area contributed by atoms with Crippen LogP contribution in [0.1, 0.15) is 12.8 Å². The average molecular weight is 273 g/mol. The number of nitro groups is 1. The molecule has 1 atom stereocenters. The van der Waals surface area contributed by atoms with Gasteiger partial charge in [-0.15, -0.1) is 0 Å². The lowest BCUT2D eigenvalue weighted by Crippen LogP contribution is -2.38. The van der Waals surface area contributed by atoms with Gasteiger partial charge in [-0.2, -0.15) is 0 Å². The smallest absolute Gasteiger partial charge is 0.277 e. The van der Waals surface area contributed by atoms with Gasteiger partial charge >= 0.3 is 0 Å². The number of nitrogens with zero attached hydrogens (tertiary/aromatic N) is 3. The zero-order chi connectivity index (χ0) is 14.1. The minimum absolute atomic E-state index is 0.0868. The number of aliphatic hydroxyl groups is 1. The molecule has 1 aromatic heterocycles. The normalized spacial score (nSPS) is 19.2. The number of piperidine rings is 1. The third-order valence-corrected chi connectivity index (χ3v) is 3.71. The monoisotopic (exact) mass is 273 g/mol. The second-order valence-electron chi connectivity index (χ2n) is 5.02. The third-order valence-electron chi connectivity index (χ3n) is 3.71. The highest BCUT2D eigenvalue weighted by molar-refractivity contribution is 5.99. The molecular formula is C14H15N3O3. The van der Waals surface area contributed by atoms with Gasteiger partial charge in [0.2, 0.25) is 0 Å². The summed E-state index contributed by atoms with van der Waals surface area (Å²) in [6.45, 7) is 1.40. The van der Waals surface area contributed by atoms with Gasteiger partial charge in [-0.25, -0.2) is 0 Å². The fraction of sp³-hybridized carbons (Fsp3) is 0.357. The van der Waals surface area contributed by atoms with Crippen LogP contribution in [0.3, 0.4) is 0 Å². The van der Waals surface area contributed by atoms with Gasteiger partial charge in [-0.05, 0) is 25.0 Å². The Hall–Kier alpha value is -2.21. The summed E-state index contributed by atoms with van der Waals surface area (Å²) in [5.74, 6) is 0. The van der Waals surface area contributed by atoms with Crippen molar-refractivity contribution in [1.29, 1.82) is 0 Å². The summed E-state index contributed by atoms with van der Waals surface area (Å²) in [6.07, 6.45) is 4.59. The predicted molar refractivity (Wildman–Crippen MR) is 75.9 cm³/mol. The molecule has 0 aliphatic carbocycles. The third kappa shape index (κ3) is 2.18. The Morgan fingerprint density at radius 2 is 2.20 bits per heavy atom. The molecule has 1 aliphatic heterocycles. The number of nitro benzene ring substituents is 1. The molecular weight excluding hydrogens is 258 g/mol. The topological polar surface area (TPSA) is 79.5 Å². The van der Waals surface area contributed by atoms with Crippen LogP contribution in [0.5, 0.6) is 0 Å². The van der Waals surface area contributed by atoms with Crippen molar-refractivity contribution in [2.75, 3.05) is 18.0 Å². The second-order valence-corrected chi connectivity index (χ2v) is 5.02. The zero-order valence-corrected chi connectivity index (χ0v) is 10.9. The summed E-state index contributed by atoms with van der Waals surface area (Å²) in [4.78, 5) is 16.9. The molecule has 1 fully saturated rings. The molecule has 1 aliphatic rings. The second kappa shape index (κ2) is 5.05. The number of pyridine rings is 1. The lowest BCUT2D eigenvalue weighted by molar-refractivity contribution is -0.383. The average Bonchev–Trinajstić information content (AvgIpc) is 2.46. The Balaban J connectivity index is 2.12. The molecule has 0 unspecified atom stereocenters. The van der Waals surface area contributed by atoms with Crippen LogP contribution < -0.4 is 4.90 Å². The lowest BCUT2D eigenvalue weighted by Gasteiger charge is -2.32. The molecule has 2 aromatic rings. The molecule has 20 heavy (non-hydrogen) atoms. The Kier molecular flexibility index (Phi) is 3.23. The van der Waals surface area contributed by atoms with E-state index in [1.165, 1.54) is 6.07 Å². The van der Waals surface area contributed by atoms with E-state index in [0.717, 1.165) is 30.5 Å². The SMILES string of the molecule is O=[N+]([O-])c1ccc(N2CCC[C@H](O)C2)c2cnccc12. The highest BCUT2D eigenvalue weighted by atomic mass is 16.6. The number of rotatable bonds is 2. The largest absolute Gasteiger partial charge is 0.391 e. The van der Waals surface area contributed by atoms with Crippen molar-refractivity contribution < 1.29 is 10.0 Å². The van der Waals surface area contributed by atoms with E-state index in [1.807, 2.05) is 0 Å². The fourth-order valence-corrected chi connectivity index (χ4v) is 2.77. The summed E-state index contributed by atoms with van der Waals surface area (Å²) >= 11 is 0. The van der Waals surface area contributed by atoms with E-state index in [2.05, 4.69) is 9.88 Å². The van der Waals surface area contributed by atoms with E-state index >= 15 is 0 Å². The van der Waals surface area contributed by atoms with Gasteiger partial charge in [0.1, 0.15) is 0 Å². The molecule has 3 rings (SSSR count). The van der Waals surface area contributed by atoms with Crippen molar-refractivity contribution in [2.45, 2.75) is 18.9 Å². The van der Waals surface area contributed by atoms with Crippen LogP contribution in [-0.2, 0) is 0 Å². The number of fused-ring (bicyclic) bond motifs is 1. The fourth-order valence-electron chi connectivity index (χ4n) is 2.77. The predicted octanol–water partition coefficient (Wildman–Crippen LogP) is 2.10. The highest BCUT2D eigenvalue weighted by Crippen LogP contribution is 2.34. The molecule has 2 heterocycles. The number of benzene rings is 1. The lowest BCUT2D eigenvalue weighted by atomic mass is 10.0. The van der Waals surface area contributed by atoms with Crippen molar-refractivity contribution >= 4 is 22.1 Å². The molecule has 104 valence electrons.